The lowest BCUT2D eigenvalue weighted by Gasteiger charge is -2.35. The molecule has 0 heterocycles. The molecule has 108 valence electrons. The largest absolute Gasteiger partial charge is 0.562 e. The molecule has 0 N–H and O–H groups in total. The van der Waals surface area contributed by atoms with Gasteiger partial charge in [-0.2, -0.15) is 0 Å². The first kappa shape index (κ1) is 15.0. The SMILES string of the molecule is C=C(COC)OB(C1CCCCC1)C1CCCCC1. The zero-order valence-electron chi connectivity index (χ0n) is 12.5. The fourth-order valence-electron chi connectivity index (χ4n) is 3.89. The molecule has 0 aliphatic heterocycles. The average Bonchev–Trinajstić information content (AvgIpc) is 2.47. The van der Waals surface area contributed by atoms with E-state index in [-0.39, 0.29) is 0 Å². The number of ether oxygens (including phenoxy) is 1. The molecule has 0 aromatic rings. The summed E-state index contributed by atoms with van der Waals surface area (Å²) >= 11 is 0. The number of hydrogen-bond donors (Lipinski definition) is 0. The lowest BCUT2D eigenvalue weighted by molar-refractivity contribution is 0.185. The van der Waals surface area contributed by atoms with Crippen LogP contribution in [0.25, 0.3) is 0 Å². The second-order valence-electron chi connectivity index (χ2n) is 6.35. The number of hydrogen-bond acceptors (Lipinski definition) is 2. The summed E-state index contributed by atoms with van der Waals surface area (Å²) in [7, 11) is 1.71. The Kier molecular flexibility index (Phi) is 6.29. The summed E-state index contributed by atoms with van der Waals surface area (Å²) < 4.78 is 11.4. The summed E-state index contributed by atoms with van der Waals surface area (Å²) in [6.07, 6.45) is 13.7. The Labute approximate surface area is 119 Å². The van der Waals surface area contributed by atoms with Crippen molar-refractivity contribution in [3.05, 3.63) is 12.3 Å². The summed E-state index contributed by atoms with van der Waals surface area (Å²) in [6.45, 7) is 4.97. The van der Waals surface area contributed by atoms with Crippen LogP contribution in [0.4, 0.5) is 0 Å². The Balaban J connectivity index is 1.96. The molecule has 0 amide bonds. The van der Waals surface area contributed by atoms with Crippen molar-refractivity contribution in [3.8, 4) is 0 Å². The minimum Gasteiger partial charge on any atom is -0.562 e. The zero-order chi connectivity index (χ0) is 13.5. The first-order valence-corrected chi connectivity index (χ1v) is 8.14. The highest BCUT2D eigenvalue weighted by Gasteiger charge is 2.38. The lowest BCUT2D eigenvalue weighted by atomic mass is 9.42. The smallest absolute Gasteiger partial charge is 0.363 e. The topological polar surface area (TPSA) is 18.5 Å². The van der Waals surface area contributed by atoms with Crippen molar-refractivity contribution in [3.63, 3.8) is 0 Å². The van der Waals surface area contributed by atoms with E-state index in [1.165, 1.54) is 64.2 Å². The summed E-state index contributed by atoms with van der Waals surface area (Å²) in [6, 6.07) is 0. The highest BCUT2D eigenvalue weighted by atomic mass is 16.5. The first-order valence-electron chi connectivity index (χ1n) is 8.14. The molecule has 0 unspecified atom stereocenters. The van der Waals surface area contributed by atoms with E-state index >= 15 is 0 Å². The van der Waals surface area contributed by atoms with Crippen LogP contribution in [0.5, 0.6) is 0 Å². The molecule has 2 aliphatic rings. The molecule has 2 aliphatic carbocycles. The monoisotopic (exact) mass is 264 g/mol. The van der Waals surface area contributed by atoms with Gasteiger partial charge in [0.05, 0.1) is 5.76 Å². The van der Waals surface area contributed by atoms with Crippen molar-refractivity contribution in [1.82, 2.24) is 0 Å². The fraction of sp³-hybridized carbons (Fsp3) is 0.875. The third kappa shape index (κ3) is 4.56. The van der Waals surface area contributed by atoms with Gasteiger partial charge in [0.1, 0.15) is 6.61 Å². The molecule has 0 aromatic carbocycles. The molecule has 2 nitrogen and oxygen atoms in total. The Morgan fingerprint density at radius 2 is 1.42 bits per heavy atom. The Bertz CT molecular complexity index is 250. The van der Waals surface area contributed by atoms with Crippen LogP contribution in [-0.2, 0) is 9.39 Å². The molecule has 2 rings (SSSR count). The maximum Gasteiger partial charge on any atom is 0.363 e. The Hall–Kier alpha value is -0.435. The molecule has 2 fully saturated rings. The van der Waals surface area contributed by atoms with Gasteiger partial charge >= 0.3 is 6.92 Å². The quantitative estimate of drug-likeness (QED) is 0.505. The first-order chi connectivity index (χ1) is 9.31. The summed E-state index contributed by atoms with van der Waals surface area (Å²) in [5, 5.41) is 0. The summed E-state index contributed by atoms with van der Waals surface area (Å²) in [5.74, 6) is 2.33. The molecule has 19 heavy (non-hydrogen) atoms. The van der Waals surface area contributed by atoms with E-state index in [1.807, 2.05) is 0 Å². The normalized spacial score (nSPS) is 22.2. The maximum atomic E-state index is 6.25. The van der Waals surface area contributed by atoms with Crippen molar-refractivity contribution >= 4 is 6.92 Å². The van der Waals surface area contributed by atoms with Crippen LogP contribution >= 0.6 is 0 Å². The Morgan fingerprint density at radius 3 is 1.84 bits per heavy atom. The molecular weight excluding hydrogens is 235 g/mol. The van der Waals surface area contributed by atoms with Gasteiger partial charge < -0.3 is 9.39 Å². The maximum absolute atomic E-state index is 6.25. The molecule has 0 radical (unpaired) electrons. The molecule has 2 saturated carbocycles. The van der Waals surface area contributed by atoms with E-state index in [9.17, 15) is 0 Å². The van der Waals surface area contributed by atoms with Crippen molar-refractivity contribution in [2.24, 2.45) is 0 Å². The van der Waals surface area contributed by atoms with E-state index in [2.05, 4.69) is 6.58 Å². The molecule has 0 spiro atoms. The highest BCUT2D eigenvalue weighted by Crippen LogP contribution is 2.42. The van der Waals surface area contributed by atoms with E-state index in [4.69, 9.17) is 9.39 Å². The lowest BCUT2D eigenvalue weighted by Crippen LogP contribution is -2.33. The predicted molar refractivity (Wildman–Crippen MR) is 81.5 cm³/mol. The molecule has 0 atom stereocenters. The second-order valence-corrected chi connectivity index (χ2v) is 6.35. The van der Waals surface area contributed by atoms with Gasteiger partial charge in [0, 0.05) is 7.11 Å². The predicted octanol–water partition coefficient (Wildman–Crippen LogP) is 4.82. The summed E-state index contributed by atoms with van der Waals surface area (Å²) in [4.78, 5) is 0. The van der Waals surface area contributed by atoms with E-state index in [0.29, 0.717) is 13.5 Å². The molecular formula is C16H29BO2. The van der Waals surface area contributed by atoms with Gasteiger partial charge in [-0.15, -0.1) is 0 Å². The fourth-order valence-corrected chi connectivity index (χ4v) is 3.89. The van der Waals surface area contributed by atoms with Gasteiger partial charge in [-0.3, -0.25) is 0 Å². The minimum atomic E-state index is 0.406. The molecule has 0 saturated heterocycles. The average molecular weight is 264 g/mol. The van der Waals surface area contributed by atoms with Crippen LogP contribution in [0.2, 0.25) is 11.6 Å². The van der Waals surface area contributed by atoms with Crippen molar-refractivity contribution in [2.75, 3.05) is 13.7 Å². The minimum absolute atomic E-state index is 0.406. The van der Waals surface area contributed by atoms with Gasteiger partial charge in [-0.1, -0.05) is 70.8 Å². The summed E-state index contributed by atoms with van der Waals surface area (Å²) in [5.41, 5.74) is 0. The third-order valence-electron chi connectivity index (χ3n) is 4.84. The van der Waals surface area contributed by atoms with Gasteiger partial charge in [0.15, 0.2) is 0 Å². The Morgan fingerprint density at radius 1 is 0.947 bits per heavy atom. The van der Waals surface area contributed by atoms with Crippen molar-refractivity contribution < 1.29 is 9.39 Å². The van der Waals surface area contributed by atoms with Crippen LogP contribution in [0.15, 0.2) is 12.3 Å². The van der Waals surface area contributed by atoms with Crippen LogP contribution in [0.3, 0.4) is 0 Å². The van der Waals surface area contributed by atoms with Crippen LogP contribution in [-0.4, -0.2) is 20.6 Å². The zero-order valence-corrected chi connectivity index (χ0v) is 12.5. The van der Waals surface area contributed by atoms with E-state index in [1.54, 1.807) is 7.11 Å². The second kappa shape index (κ2) is 7.99. The van der Waals surface area contributed by atoms with E-state index in [0.717, 1.165) is 17.4 Å². The van der Waals surface area contributed by atoms with Crippen LogP contribution < -0.4 is 0 Å². The highest BCUT2D eigenvalue weighted by molar-refractivity contribution is 6.55. The standard InChI is InChI=1S/C16H29BO2/c1-14(13-18-2)19-17(15-9-5-3-6-10-15)16-11-7-4-8-12-16/h15-16H,1,3-13H2,2H3. The number of methoxy groups -OCH3 is 1. The van der Waals surface area contributed by atoms with E-state index < -0.39 is 0 Å². The molecule has 0 bridgehead atoms. The molecule has 0 aromatic heterocycles. The van der Waals surface area contributed by atoms with Gasteiger partial charge in [-0.05, 0) is 11.6 Å². The third-order valence-corrected chi connectivity index (χ3v) is 4.84. The van der Waals surface area contributed by atoms with Gasteiger partial charge in [0.25, 0.3) is 0 Å². The number of rotatable bonds is 6. The van der Waals surface area contributed by atoms with Crippen LogP contribution in [0, 0.1) is 0 Å². The van der Waals surface area contributed by atoms with Crippen molar-refractivity contribution in [2.45, 2.75) is 75.8 Å². The van der Waals surface area contributed by atoms with Gasteiger partial charge in [0.2, 0.25) is 0 Å². The molecule has 3 heteroatoms. The van der Waals surface area contributed by atoms with Crippen LogP contribution in [0.1, 0.15) is 64.2 Å². The van der Waals surface area contributed by atoms with Gasteiger partial charge in [-0.25, -0.2) is 0 Å². The van der Waals surface area contributed by atoms with Crippen molar-refractivity contribution in [1.29, 1.82) is 0 Å².